The number of hydrogen-bond donors (Lipinski definition) is 1. The van der Waals surface area contributed by atoms with Gasteiger partial charge in [0.1, 0.15) is 29.0 Å². The summed E-state index contributed by atoms with van der Waals surface area (Å²) in [5.41, 5.74) is 7.79. The number of imidazole rings is 1. The largest absolute Gasteiger partial charge is 0.458 e. The monoisotopic (exact) mass is 387 g/mol. The molecule has 0 saturated carbocycles. The predicted molar refractivity (Wildman–Crippen MR) is 107 cm³/mol. The molecule has 0 atom stereocenters. The number of fused-ring (bicyclic) bond motifs is 2. The number of anilines is 1. The number of nitrogen functional groups attached to an aromatic ring is 1. The number of nitrogens with zero attached hydrogens (tertiary/aromatic N) is 4. The standard InChI is InChI=1S/C21H14FN5O2/c22-13-5-3-4-12(8-13)17-16(29-15-7-2-1-6-14(15)19(17)28)9-27-11-26-18-20(23)24-10-25-21(18)27/h1-8,10-11H,9H2,(H2,23,24,25). The highest BCUT2D eigenvalue weighted by atomic mass is 19.1. The molecule has 0 unspecified atom stereocenters. The van der Waals surface area contributed by atoms with Crippen molar-refractivity contribution >= 4 is 28.0 Å². The summed E-state index contributed by atoms with van der Waals surface area (Å²) in [6, 6.07) is 12.8. The summed E-state index contributed by atoms with van der Waals surface area (Å²) in [5, 5.41) is 0.428. The zero-order valence-corrected chi connectivity index (χ0v) is 15.0. The number of aromatic nitrogens is 4. The zero-order valence-electron chi connectivity index (χ0n) is 15.0. The summed E-state index contributed by atoms with van der Waals surface area (Å²) < 4.78 is 21.7. The summed E-state index contributed by atoms with van der Waals surface area (Å²) in [6.07, 6.45) is 2.90. The second kappa shape index (κ2) is 6.52. The molecule has 0 radical (unpaired) electrons. The van der Waals surface area contributed by atoms with Crippen LogP contribution in [0.5, 0.6) is 0 Å². The summed E-state index contributed by atoms with van der Waals surface area (Å²) in [7, 11) is 0. The van der Waals surface area contributed by atoms with E-state index in [0.717, 1.165) is 0 Å². The number of para-hydroxylation sites is 1. The predicted octanol–water partition coefficient (Wildman–Crippen LogP) is 3.37. The summed E-state index contributed by atoms with van der Waals surface area (Å²) in [4.78, 5) is 25.7. The maximum Gasteiger partial charge on any atom is 0.200 e. The molecule has 0 aliphatic carbocycles. The summed E-state index contributed by atoms with van der Waals surface area (Å²) >= 11 is 0. The van der Waals surface area contributed by atoms with E-state index in [2.05, 4.69) is 15.0 Å². The van der Waals surface area contributed by atoms with E-state index in [1.165, 1.54) is 18.5 Å². The van der Waals surface area contributed by atoms with Crippen LogP contribution >= 0.6 is 0 Å². The van der Waals surface area contributed by atoms with Crippen molar-refractivity contribution in [3.63, 3.8) is 0 Å². The fourth-order valence-electron chi connectivity index (χ4n) is 3.40. The Labute approximate surface area is 163 Å². The van der Waals surface area contributed by atoms with Gasteiger partial charge in [-0.15, -0.1) is 0 Å². The lowest BCUT2D eigenvalue weighted by molar-refractivity contribution is 0.521. The van der Waals surface area contributed by atoms with Gasteiger partial charge in [0.05, 0.1) is 23.8 Å². The molecule has 2 aromatic carbocycles. The molecule has 142 valence electrons. The van der Waals surface area contributed by atoms with E-state index in [9.17, 15) is 9.18 Å². The fourth-order valence-corrected chi connectivity index (χ4v) is 3.40. The van der Waals surface area contributed by atoms with E-state index in [1.54, 1.807) is 47.3 Å². The molecule has 5 rings (SSSR count). The summed E-state index contributed by atoms with van der Waals surface area (Å²) in [6.45, 7) is 0.166. The second-order valence-electron chi connectivity index (χ2n) is 6.54. The third-order valence-corrected chi connectivity index (χ3v) is 4.73. The number of hydrogen-bond acceptors (Lipinski definition) is 6. The maximum absolute atomic E-state index is 13.9. The molecule has 29 heavy (non-hydrogen) atoms. The molecule has 0 aliphatic heterocycles. The van der Waals surface area contributed by atoms with Crippen LogP contribution in [0.4, 0.5) is 10.2 Å². The Morgan fingerprint density at radius 3 is 2.79 bits per heavy atom. The van der Waals surface area contributed by atoms with Crippen LogP contribution < -0.4 is 11.2 Å². The fraction of sp³-hybridized carbons (Fsp3) is 0.0476. The van der Waals surface area contributed by atoms with Crippen LogP contribution in [0.15, 0.2) is 70.4 Å². The van der Waals surface area contributed by atoms with Gasteiger partial charge in [-0.05, 0) is 29.8 Å². The van der Waals surface area contributed by atoms with Crippen molar-refractivity contribution in [2.24, 2.45) is 0 Å². The first-order chi connectivity index (χ1) is 14.1. The molecule has 5 aromatic rings. The SMILES string of the molecule is Nc1ncnc2c1ncn2Cc1oc2ccccc2c(=O)c1-c1cccc(F)c1. The molecule has 2 N–H and O–H groups in total. The molecule has 0 fully saturated rings. The minimum absolute atomic E-state index is 0.166. The van der Waals surface area contributed by atoms with Crippen LogP contribution in [0.3, 0.4) is 0 Å². The molecule has 3 aromatic heterocycles. The highest BCUT2D eigenvalue weighted by Crippen LogP contribution is 2.27. The second-order valence-corrected chi connectivity index (χ2v) is 6.54. The lowest BCUT2D eigenvalue weighted by atomic mass is 10.0. The van der Waals surface area contributed by atoms with Crippen LogP contribution in [0.1, 0.15) is 5.76 Å². The van der Waals surface area contributed by atoms with Crippen molar-refractivity contribution in [2.45, 2.75) is 6.54 Å². The van der Waals surface area contributed by atoms with Crippen molar-refractivity contribution in [1.82, 2.24) is 19.5 Å². The third-order valence-electron chi connectivity index (χ3n) is 4.73. The normalized spacial score (nSPS) is 11.3. The van der Waals surface area contributed by atoms with Crippen LogP contribution in [0, 0.1) is 5.82 Å². The lowest BCUT2D eigenvalue weighted by Crippen LogP contribution is -2.12. The van der Waals surface area contributed by atoms with Crippen molar-refractivity contribution < 1.29 is 8.81 Å². The van der Waals surface area contributed by atoms with Crippen molar-refractivity contribution in [1.29, 1.82) is 0 Å². The van der Waals surface area contributed by atoms with E-state index in [1.807, 2.05) is 0 Å². The Hall–Kier alpha value is -4.07. The van der Waals surface area contributed by atoms with Gasteiger partial charge in [0, 0.05) is 0 Å². The lowest BCUT2D eigenvalue weighted by Gasteiger charge is -2.11. The third kappa shape index (κ3) is 2.82. The molecule has 0 aliphatic rings. The van der Waals surface area contributed by atoms with Crippen molar-refractivity contribution in [3.8, 4) is 11.1 Å². The zero-order chi connectivity index (χ0) is 20.0. The summed E-state index contributed by atoms with van der Waals surface area (Å²) in [5.74, 6) is 0.199. The van der Waals surface area contributed by atoms with E-state index >= 15 is 0 Å². The molecular formula is C21H14FN5O2. The molecule has 0 saturated heterocycles. The van der Waals surface area contributed by atoms with E-state index in [0.29, 0.717) is 39.0 Å². The molecule has 8 heteroatoms. The average Bonchev–Trinajstić information content (AvgIpc) is 3.12. The van der Waals surface area contributed by atoms with E-state index < -0.39 is 5.82 Å². The smallest absolute Gasteiger partial charge is 0.200 e. The molecule has 3 heterocycles. The molecule has 0 spiro atoms. The molecular weight excluding hydrogens is 373 g/mol. The minimum atomic E-state index is -0.436. The molecule has 0 amide bonds. The highest BCUT2D eigenvalue weighted by Gasteiger charge is 2.18. The Kier molecular flexibility index (Phi) is 3.83. The quantitative estimate of drug-likeness (QED) is 0.509. The minimum Gasteiger partial charge on any atom is -0.458 e. The number of nitrogens with two attached hydrogens (primary N) is 1. The Morgan fingerprint density at radius 2 is 1.93 bits per heavy atom. The van der Waals surface area contributed by atoms with Gasteiger partial charge in [0.15, 0.2) is 11.5 Å². The first-order valence-corrected chi connectivity index (χ1v) is 8.84. The topological polar surface area (TPSA) is 99.8 Å². The van der Waals surface area contributed by atoms with E-state index in [-0.39, 0.29) is 17.8 Å². The maximum atomic E-state index is 13.9. The van der Waals surface area contributed by atoms with Crippen LogP contribution in [0.2, 0.25) is 0 Å². The first kappa shape index (κ1) is 17.1. The van der Waals surface area contributed by atoms with Gasteiger partial charge in [-0.3, -0.25) is 4.79 Å². The van der Waals surface area contributed by atoms with Gasteiger partial charge in [-0.25, -0.2) is 19.3 Å². The highest BCUT2D eigenvalue weighted by molar-refractivity contribution is 5.83. The van der Waals surface area contributed by atoms with Gasteiger partial charge in [0.25, 0.3) is 0 Å². The van der Waals surface area contributed by atoms with Gasteiger partial charge >= 0.3 is 0 Å². The number of halogens is 1. The Bertz CT molecular complexity index is 1440. The van der Waals surface area contributed by atoms with Crippen molar-refractivity contribution in [3.05, 3.63) is 83.0 Å². The molecule has 7 nitrogen and oxygen atoms in total. The first-order valence-electron chi connectivity index (χ1n) is 8.84. The Balaban J connectivity index is 1.77. The van der Waals surface area contributed by atoms with Gasteiger partial charge in [0.2, 0.25) is 5.43 Å². The van der Waals surface area contributed by atoms with E-state index in [4.69, 9.17) is 10.2 Å². The van der Waals surface area contributed by atoms with Crippen LogP contribution in [0.25, 0.3) is 33.3 Å². The number of benzene rings is 2. The number of rotatable bonds is 3. The average molecular weight is 387 g/mol. The van der Waals surface area contributed by atoms with Gasteiger partial charge < -0.3 is 14.7 Å². The van der Waals surface area contributed by atoms with Gasteiger partial charge in [-0.1, -0.05) is 24.3 Å². The Morgan fingerprint density at radius 1 is 1.07 bits per heavy atom. The van der Waals surface area contributed by atoms with Crippen molar-refractivity contribution in [2.75, 3.05) is 5.73 Å². The van der Waals surface area contributed by atoms with Crippen LogP contribution in [-0.4, -0.2) is 19.5 Å². The van der Waals surface area contributed by atoms with Crippen LogP contribution in [-0.2, 0) is 6.54 Å². The molecule has 0 bridgehead atoms. The van der Waals surface area contributed by atoms with Gasteiger partial charge in [-0.2, -0.15) is 0 Å².